The van der Waals surface area contributed by atoms with Gasteiger partial charge in [0.25, 0.3) is 0 Å². The number of fused-ring (bicyclic) bond motifs is 1. The van der Waals surface area contributed by atoms with Crippen molar-refractivity contribution in [2.45, 2.75) is 44.7 Å². The summed E-state index contributed by atoms with van der Waals surface area (Å²) in [6.45, 7) is 7.39. The van der Waals surface area contributed by atoms with Gasteiger partial charge in [-0.05, 0) is 45.9 Å². The lowest BCUT2D eigenvalue weighted by atomic mass is 10.3. The Morgan fingerprint density at radius 3 is 2.40 bits per heavy atom. The highest BCUT2D eigenvalue weighted by molar-refractivity contribution is 7.89. The predicted octanol–water partition coefficient (Wildman–Crippen LogP) is 2.33. The Morgan fingerprint density at radius 2 is 1.85 bits per heavy atom. The number of hydrogen-bond donors (Lipinski definition) is 1. The molecule has 7 heteroatoms. The van der Waals surface area contributed by atoms with Crippen LogP contribution in [0.4, 0.5) is 0 Å². The Balaban J connectivity index is 2.59. The second kappa shape index (κ2) is 5.31. The highest BCUT2D eigenvalue weighted by Gasteiger charge is 2.18. The SMILES string of the molecule is CC(C)NS(=O)(=O)c1ccc2c(c1)sc(=O)n2C(C)C. The number of thiazole rings is 1. The Labute approximate surface area is 122 Å². The number of rotatable bonds is 4. The molecule has 5 nitrogen and oxygen atoms in total. The summed E-state index contributed by atoms with van der Waals surface area (Å²) in [6.07, 6.45) is 0. The summed E-state index contributed by atoms with van der Waals surface area (Å²) in [5.41, 5.74) is 0.776. The predicted molar refractivity (Wildman–Crippen MR) is 81.9 cm³/mol. The monoisotopic (exact) mass is 314 g/mol. The van der Waals surface area contributed by atoms with E-state index >= 15 is 0 Å². The normalized spacial score (nSPS) is 12.7. The standard InChI is InChI=1S/C13H18N2O3S2/c1-8(2)14-20(17,18)10-5-6-11-12(7-10)19-13(16)15(11)9(3)4/h5-9,14H,1-4H3. The van der Waals surface area contributed by atoms with E-state index in [9.17, 15) is 13.2 Å². The zero-order chi connectivity index (χ0) is 15.1. The molecule has 0 atom stereocenters. The summed E-state index contributed by atoms with van der Waals surface area (Å²) < 4.78 is 29.1. The largest absolute Gasteiger partial charge is 0.308 e. The topological polar surface area (TPSA) is 68.2 Å². The lowest BCUT2D eigenvalue weighted by Gasteiger charge is -2.10. The molecule has 0 aliphatic carbocycles. The molecule has 0 saturated carbocycles. The maximum absolute atomic E-state index is 12.1. The van der Waals surface area contributed by atoms with Crippen LogP contribution in [0.25, 0.3) is 10.2 Å². The van der Waals surface area contributed by atoms with Gasteiger partial charge in [0.1, 0.15) is 0 Å². The van der Waals surface area contributed by atoms with Crippen LogP contribution in [0.1, 0.15) is 33.7 Å². The molecule has 0 radical (unpaired) electrons. The van der Waals surface area contributed by atoms with Crippen LogP contribution in [-0.2, 0) is 10.0 Å². The minimum absolute atomic E-state index is 0.0486. The van der Waals surface area contributed by atoms with E-state index in [2.05, 4.69) is 4.72 Å². The van der Waals surface area contributed by atoms with E-state index in [1.807, 2.05) is 13.8 Å². The molecule has 2 rings (SSSR count). The van der Waals surface area contributed by atoms with E-state index < -0.39 is 10.0 Å². The van der Waals surface area contributed by atoms with Gasteiger partial charge < -0.3 is 0 Å². The molecule has 0 amide bonds. The van der Waals surface area contributed by atoms with Crippen LogP contribution in [0.15, 0.2) is 27.9 Å². The Hall–Kier alpha value is -1.18. The molecule has 1 aromatic heterocycles. The molecule has 20 heavy (non-hydrogen) atoms. The average molecular weight is 314 g/mol. The first-order chi connectivity index (χ1) is 9.22. The minimum atomic E-state index is -3.53. The Morgan fingerprint density at radius 1 is 1.20 bits per heavy atom. The fraction of sp³-hybridized carbons (Fsp3) is 0.462. The number of hydrogen-bond acceptors (Lipinski definition) is 4. The van der Waals surface area contributed by atoms with Gasteiger partial charge in [0.15, 0.2) is 0 Å². The van der Waals surface area contributed by atoms with Crippen molar-refractivity contribution in [2.75, 3.05) is 0 Å². The van der Waals surface area contributed by atoms with Crippen molar-refractivity contribution in [1.29, 1.82) is 0 Å². The van der Waals surface area contributed by atoms with Gasteiger partial charge in [0.05, 0.1) is 15.1 Å². The zero-order valence-corrected chi connectivity index (χ0v) is 13.5. The fourth-order valence-electron chi connectivity index (χ4n) is 2.05. The van der Waals surface area contributed by atoms with Gasteiger partial charge >= 0.3 is 4.87 Å². The second-order valence-electron chi connectivity index (χ2n) is 5.24. The van der Waals surface area contributed by atoms with E-state index in [1.54, 1.807) is 30.5 Å². The van der Waals surface area contributed by atoms with Crippen LogP contribution in [-0.4, -0.2) is 19.0 Å². The summed E-state index contributed by atoms with van der Waals surface area (Å²) >= 11 is 1.07. The molecule has 1 aromatic carbocycles. The van der Waals surface area contributed by atoms with Crippen molar-refractivity contribution in [3.05, 3.63) is 27.9 Å². The molecule has 0 fully saturated rings. The number of benzene rings is 1. The van der Waals surface area contributed by atoms with Gasteiger partial charge in [-0.15, -0.1) is 0 Å². The van der Waals surface area contributed by atoms with Crippen LogP contribution in [0.5, 0.6) is 0 Å². The van der Waals surface area contributed by atoms with Crippen LogP contribution in [0.3, 0.4) is 0 Å². The maximum Gasteiger partial charge on any atom is 0.308 e. The smallest absolute Gasteiger partial charge is 0.296 e. The van der Waals surface area contributed by atoms with Crippen molar-refractivity contribution < 1.29 is 8.42 Å². The summed E-state index contributed by atoms with van der Waals surface area (Å²) in [5, 5.41) is 0. The molecule has 1 heterocycles. The molecule has 0 unspecified atom stereocenters. The first-order valence-electron chi connectivity index (χ1n) is 6.40. The van der Waals surface area contributed by atoms with E-state index in [0.29, 0.717) is 4.70 Å². The number of aromatic nitrogens is 1. The van der Waals surface area contributed by atoms with Crippen LogP contribution in [0, 0.1) is 0 Å². The fourth-order valence-corrected chi connectivity index (χ4v) is 4.46. The Bertz CT molecular complexity index is 786. The maximum atomic E-state index is 12.1. The first kappa shape index (κ1) is 15.2. The van der Waals surface area contributed by atoms with Crippen molar-refractivity contribution in [1.82, 2.24) is 9.29 Å². The van der Waals surface area contributed by atoms with Crippen molar-refractivity contribution >= 4 is 31.6 Å². The highest BCUT2D eigenvalue weighted by atomic mass is 32.2. The van der Waals surface area contributed by atoms with E-state index in [4.69, 9.17) is 0 Å². The molecular weight excluding hydrogens is 296 g/mol. The van der Waals surface area contributed by atoms with Crippen LogP contribution < -0.4 is 9.60 Å². The summed E-state index contributed by atoms with van der Waals surface area (Å²) in [6, 6.07) is 4.67. The Kier molecular flexibility index (Phi) is 4.04. The van der Waals surface area contributed by atoms with E-state index in [1.165, 1.54) is 6.07 Å². The van der Waals surface area contributed by atoms with Gasteiger partial charge in [-0.25, -0.2) is 13.1 Å². The average Bonchev–Trinajstić information content (AvgIpc) is 2.61. The quantitative estimate of drug-likeness (QED) is 0.941. The van der Waals surface area contributed by atoms with Gasteiger partial charge in [-0.1, -0.05) is 11.3 Å². The third kappa shape index (κ3) is 2.79. The molecule has 0 aliphatic rings. The molecule has 2 aromatic rings. The summed E-state index contributed by atoms with van der Waals surface area (Å²) in [4.78, 5) is 12.1. The molecule has 0 aliphatic heterocycles. The third-order valence-electron chi connectivity index (χ3n) is 2.80. The van der Waals surface area contributed by atoms with Gasteiger partial charge in [-0.2, -0.15) is 0 Å². The van der Waals surface area contributed by atoms with Crippen LogP contribution >= 0.6 is 11.3 Å². The zero-order valence-electron chi connectivity index (χ0n) is 11.9. The van der Waals surface area contributed by atoms with E-state index in [-0.39, 0.29) is 21.9 Å². The van der Waals surface area contributed by atoms with Crippen LogP contribution in [0.2, 0.25) is 0 Å². The van der Waals surface area contributed by atoms with Gasteiger partial charge in [0.2, 0.25) is 10.0 Å². The van der Waals surface area contributed by atoms with Crippen molar-refractivity contribution in [2.24, 2.45) is 0 Å². The highest BCUT2D eigenvalue weighted by Crippen LogP contribution is 2.24. The summed E-state index contributed by atoms with van der Waals surface area (Å²) in [5.74, 6) is 0. The lowest BCUT2D eigenvalue weighted by Crippen LogP contribution is -2.30. The molecule has 0 saturated heterocycles. The molecule has 0 bridgehead atoms. The number of nitrogens with zero attached hydrogens (tertiary/aromatic N) is 1. The number of nitrogens with one attached hydrogen (secondary N) is 1. The summed E-state index contributed by atoms with van der Waals surface area (Å²) in [7, 11) is -3.53. The van der Waals surface area contributed by atoms with Gasteiger partial charge in [0, 0.05) is 12.1 Å². The van der Waals surface area contributed by atoms with Gasteiger partial charge in [-0.3, -0.25) is 9.36 Å². The molecular formula is C13H18N2O3S2. The van der Waals surface area contributed by atoms with Crippen molar-refractivity contribution in [3.8, 4) is 0 Å². The first-order valence-corrected chi connectivity index (χ1v) is 8.70. The number of sulfonamides is 1. The minimum Gasteiger partial charge on any atom is -0.296 e. The van der Waals surface area contributed by atoms with E-state index in [0.717, 1.165) is 16.9 Å². The third-order valence-corrected chi connectivity index (χ3v) is 5.38. The molecule has 0 spiro atoms. The second-order valence-corrected chi connectivity index (χ2v) is 7.94. The molecule has 110 valence electrons. The van der Waals surface area contributed by atoms with Crippen molar-refractivity contribution in [3.63, 3.8) is 0 Å². The molecule has 1 N–H and O–H groups in total. The lowest BCUT2D eigenvalue weighted by molar-refractivity contribution is 0.570.